The van der Waals surface area contributed by atoms with E-state index in [0.717, 1.165) is 5.56 Å². The normalized spacial score (nSPS) is 27.7. The van der Waals surface area contributed by atoms with Crippen LogP contribution in [0.1, 0.15) is 19.4 Å². The van der Waals surface area contributed by atoms with Crippen LogP contribution in [0.3, 0.4) is 0 Å². The van der Waals surface area contributed by atoms with Crippen molar-refractivity contribution in [2.45, 2.75) is 42.5 Å². The molecule has 2 aliphatic rings. The molecular formula is C17H18KNO5S. The smallest absolute Gasteiger partial charge is 0.548 e. The molecule has 0 saturated carbocycles. The number of Topliss-reactive ketones (excluding diaryl/α,β-unsaturated/α-hetero) is 1. The maximum absolute atomic E-state index is 12.4. The Balaban J connectivity index is 0.00000225. The topological polar surface area (TPSA) is 97.7 Å². The Labute approximate surface area is 192 Å². The molecule has 1 amide bonds. The molecule has 2 aliphatic heterocycles. The molecule has 6 nitrogen and oxygen atoms in total. The molecule has 128 valence electrons. The summed E-state index contributed by atoms with van der Waals surface area (Å²) in [5.74, 6) is -3.14. The van der Waals surface area contributed by atoms with Crippen molar-refractivity contribution >= 4 is 29.4 Å². The predicted molar refractivity (Wildman–Crippen MR) is 85.7 cm³/mol. The Bertz CT molecular complexity index is 696. The van der Waals surface area contributed by atoms with E-state index >= 15 is 0 Å². The van der Waals surface area contributed by atoms with Gasteiger partial charge in [-0.1, -0.05) is 30.3 Å². The molecular weight excluding hydrogens is 369 g/mol. The van der Waals surface area contributed by atoms with E-state index in [9.17, 15) is 24.6 Å². The first-order chi connectivity index (χ1) is 11.2. The molecule has 0 unspecified atom stereocenters. The molecule has 2 fully saturated rings. The van der Waals surface area contributed by atoms with Crippen LogP contribution in [-0.4, -0.2) is 49.9 Å². The van der Waals surface area contributed by atoms with Gasteiger partial charge in [0.25, 0.3) is 0 Å². The summed E-state index contributed by atoms with van der Waals surface area (Å²) in [5, 5.41) is 21.2. The molecule has 1 N–H and O–H groups in total. The Morgan fingerprint density at radius 2 is 1.92 bits per heavy atom. The zero-order valence-electron chi connectivity index (χ0n) is 14.3. The number of aliphatic carboxylic acids is 1. The van der Waals surface area contributed by atoms with Crippen molar-refractivity contribution in [2.24, 2.45) is 5.92 Å². The summed E-state index contributed by atoms with van der Waals surface area (Å²) in [6, 6.07) is 7.93. The number of nitrogens with zero attached hydrogens (tertiary/aromatic N) is 1. The van der Waals surface area contributed by atoms with Gasteiger partial charge in [0.1, 0.15) is 12.0 Å². The first kappa shape index (κ1) is 21.1. The SMILES string of the molecule is CC1(C)S[C@@H]2[C@H]([C@H](O)C(=O)Cc3ccccc3)C(=O)N2[C@H]1C(=O)[O-].[K+]. The van der Waals surface area contributed by atoms with Crippen LogP contribution in [0.15, 0.2) is 30.3 Å². The van der Waals surface area contributed by atoms with Crippen molar-refractivity contribution in [3.05, 3.63) is 35.9 Å². The maximum Gasteiger partial charge on any atom is 1.00 e. The molecule has 0 radical (unpaired) electrons. The zero-order chi connectivity index (χ0) is 17.6. The van der Waals surface area contributed by atoms with Crippen LogP contribution >= 0.6 is 11.8 Å². The van der Waals surface area contributed by atoms with Gasteiger partial charge in [0.2, 0.25) is 5.91 Å². The molecule has 0 aromatic heterocycles. The number of carboxylic acid groups (broad SMARTS) is 1. The van der Waals surface area contributed by atoms with Crippen molar-refractivity contribution in [1.82, 2.24) is 4.90 Å². The summed E-state index contributed by atoms with van der Waals surface area (Å²) in [7, 11) is 0. The summed E-state index contributed by atoms with van der Waals surface area (Å²) in [4.78, 5) is 37.2. The summed E-state index contributed by atoms with van der Waals surface area (Å²) in [5.41, 5.74) is 0.761. The number of hydrogen-bond acceptors (Lipinski definition) is 6. The fourth-order valence-corrected chi connectivity index (χ4v) is 5.13. The van der Waals surface area contributed by atoms with E-state index in [2.05, 4.69) is 0 Å². The van der Waals surface area contributed by atoms with Gasteiger partial charge in [0, 0.05) is 11.2 Å². The van der Waals surface area contributed by atoms with Crippen molar-refractivity contribution < 1.29 is 76.0 Å². The van der Waals surface area contributed by atoms with Gasteiger partial charge in [0.05, 0.1) is 17.4 Å². The fourth-order valence-electron chi connectivity index (χ4n) is 3.42. The molecule has 3 rings (SSSR count). The van der Waals surface area contributed by atoms with Gasteiger partial charge in [-0.25, -0.2) is 0 Å². The minimum Gasteiger partial charge on any atom is -0.548 e. The number of amides is 1. The van der Waals surface area contributed by atoms with Gasteiger partial charge < -0.3 is 19.9 Å². The summed E-state index contributed by atoms with van der Waals surface area (Å²) in [6.07, 6.45) is -1.39. The number of carboxylic acids is 1. The third kappa shape index (κ3) is 3.76. The fraction of sp³-hybridized carbons (Fsp3) is 0.471. The van der Waals surface area contributed by atoms with Crippen LogP contribution in [0.2, 0.25) is 0 Å². The minimum atomic E-state index is -1.43. The van der Waals surface area contributed by atoms with Crippen LogP contribution in [0.4, 0.5) is 0 Å². The minimum absolute atomic E-state index is 0. The van der Waals surface area contributed by atoms with Crippen molar-refractivity contribution in [2.75, 3.05) is 0 Å². The number of carbonyl (C=O) groups excluding carboxylic acids is 3. The second kappa shape index (κ2) is 7.80. The van der Waals surface area contributed by atoms with Crippen molar-refractivity contribution in [3.8, 4) is 0 Å². The first-order valence-electron chi connectivity index (χ1n) is 7.69. The van der Waals surface area contributed by atoms with E-state index in [1.165, 1.54) is 16.7 Å². The van der Waals surface area contributed by atoms with Crippen LogP contribution in [0.5, 0.6) is 0 Å². The number of β-lactam (4-membered cyclic amide) rings is 1. The second-order valence-corrected chi connectivity index (χ2v) is 8.45. The number of aliphatic hydroxyl groups excluding tert-OH is 1. The van der Waals surface area contributed by atoms with Crippen LogP contribution in [-0.2, 0) is 20.8 Å². The van der Waals surface area contributed by atoms with Crippen LogP contribution in [0.25, 0.3) is 0 Å². The Morgan fingerprint density at radius 1 is 1.32 bits per heavy atom. The van der Waals surface area contributed by atoms with Crippen LogP contribution in [0, 0.1) is 5.92 Å². The molecule has 2 heterocycles. The maximum atomic E-state index is 12.4. The van der Waals surface area contributed by atoms with Gasteiger partial charge in [-0.15, -0.1) is 11.8 Å². The molecule has 25 heavy (non-hydrogen) atoms. The summed E-state index contributed by atoms with van der Waals surface area (Å²) < 4.78 is -0.726. The standard InChI is InChI=1S/C17H19NO5S.K/c1-17(2)13(16(22)23)18-14(21)11(15(18)24-17)12(20)10(19)8-9-6-4-3-5-7-9;/h3-7,11-13,15,20H,8H2,1-2H3,(H,22,23);/q;+1/p-1/t11-,12-,13+,15-;/m1./s1. The van der Waals surface area contributed by atoms with E-state index in [1.54, 1.807) is 38.1 Å². The summed E-state index contributed by atoms with van der Waals surface area (Å²) in [6.45, 7) is 3.44. The molecule has 1 aromatic carbocycles. The van der Waals surface area contributed by atoms with E-state index in [4.69, 9.17) is 0 Å². The largest absolute Gasteiger partial charge is 1.00 e. The Kier molecular flexibility index (Phi) is 6.57. The van der Waals surface area contributed by atoms with Gasteiger partial charge >= 0.3 is 51.4 Å². The monoisotopic (exact) mass is 387 g/mol. The average Bonchev–Trinajstić information content (AvgIpc) is 2.76. The first-order valence-corrected chi connectivity index (χ1v) is 8.57. The Hall–Kier alpha value is -0.224. The van der Waals surface area contributed by atoms with E-state index in [1.807, 2.05) is 6.07 Å². The van der Waals surface area contributed by atoms with Gasteiger partial charge in [-0.05, 0) is 19.4 Å². The summed E-state index contributed by atoms with van der Waals surface area (Å²) >= 11 is 1.29. The number of rotatable bonds is 5. The number of ketones is 1. The number of fused-ring (bicyclic) bond motifs is 1. The third-order valence-corrected chi connectivity index (χ3v) is 6.19. The molecule has 0 aliphatic carbocycles. The second-order valence-electron chi connectivity index (χ2n) is 6.68. The number of aliphatic hydroxyl groups is 1. The van der Waals surface area contributed by atoms with Gasteiger partial charge in [0.15, 0.2) is 5.78 Å². The predicted octanol–water partition coefficient (Wildman–Crippen LogP) is -3.41. The number of benzene rings is 1. The third-order valence-electron chi connectivity index (χ3n) is 4.60. The van der Waals surface area contributed by atoms with Gasteiger partial charge in [-0.3, -0.25) is 9.59 Å². The molecule has 0 bridgehead atoms. The molecule has 2 saturated heterocycles. The quantitative estimate of drug-likeness (QED) is 0.418. The van der Waals surface area contributed by atoms with Crippen molar-refractivity contribution in [3.63, 3.8) is 0 Å². The molecule has 8 heteroatoms. The zero-order valence-corrected chi connectivity index (χ0v) is 18.3. The van der Waals surface area contributed by atoms with E-state index in [0.29, 0.717) is 0 Å². The van der Waals surface area contributed by atoms with Crippen LogP contribution < -0.4 is 56.5 Å². The molecule has 4 atom stereocenters. The number of carbonyl (C=O) groups is 3. The van der Waals surface area contributed by atoms with Gasteiger partial charge in [-0.2, -0.15) is 0 Å². The van der Waals surface area contributed by atoms with E-state index < -0.39 is 45.8 Å². The average molecular weight is 387 g/mol. The number of thioether (sulfide) groups is 1. The Morgan fingerprint density at radius 3 is 2.48 bits per heavy atom. The molecule has 1 aromatic rings. The van der Waals surface area contributed by atoms with E-state index in [-0.39, 0.29) is 57.8 Å². The molecule has 0 spiro atoms. The number of hydrogen-bond donors (Lipinski definition) is 1. The van der Waals surface area contributed by atoms with Crippen molar-refractivity contribution in [1.29, 1.82) is 0 Å².